The van der Waals surface area contributed by atoms with Crippen molar-refractivity contribution in [1.82, 2.24) is 35.0 Å². The average molecular weight is 446 g/mol. The zero-order valence-electron chi connectivity index (χ0n) is 17.6. The lowest BCUT2D eigenvalue weighted by Crippen LogP contribution is -2.45. The fourth-order valence-electron chi connectivity index (χ4n) is 3.34. The number of H-pyrrole nitrogens is 1. The number of pyridine rings is 1. The highest BCUT2D eigenvalue weighted by Gasteiger charge is 2.19. The number of hydrogen-bond donors (Lipinski definition) is 2. The van der Waals surface area contributed by atoms with Crippen LogP contribution in [-0.4, -0.2) is 68.3 Å². The molecule has 0 saturated carbocycles. The van der Waals surface area contributed by atoms with Crippen LogP contribution in [0.1, 0.15) is 0 Å². The summed E-state index contributed by atoms with van der Waals surface area (Å²) in [6.45, 7) is 3.70. The van der Waals surface area contributed by atoms with E-state index >= 15 is 0 Å². The van der Waals surface area contributed by atoms with E-state index in [0.717, 1.165) is 42.5 Å². The summed E-state index contributed by atoms with van der Waals surface area (Å²) < 4.78 is 0. The molecule has 3 aromatic heterocycles. The maximum atomic E-state index is 4.74. The van der Waals surface area contributed by atoms with E-state index in [1.807, 2.05) is 54.6 Å². The number of aromatic amines is 1. The minimum absolute atomic E-state index is 0.464. The molecule has 4 heterocycles. The highest BCUT2D eigenvalue weighted by atomic mass is 32.2. The summed E-state index contributed by atoms with van der Waals surface area (Å²) in [6, 6.07) is 17.8. The minimum Gasteiger partial charge on any atom is -0.338 e. The molecule has 162 valence electrons. The van der Waals surface area contributed by atoms with Gasteiger partial charge < -0.3 is 15.1 Å². The molecule has 0 amide bonds. The van der Waals surface area contributed by atoms with Crippen LogP contribution in [0.5, 0.6) is 0 Å². The Bertz CT molecular complexity index is 1160. The third-order valence-electron chi connectivity index (χ3n) is 5.10. The lowest BCUT2D eigenvalue weighted by atomic mass is 10.3. The third kappa shape index (κ3) is 4.87. The Labute approximate surface area is 190 Å². The molecule has 0 radical (unpaired) electrons. The molecule has 0 spiro atoms. The molecule has 2 N–H and O–H groups in total. The molecule has 4 aromatic rings. The molecule has 1 saturated heterocycles. The number of benzene rings is 1. The average Bonchev–Trinajstić information content (AvgIpc) is 3.29. The summed E-state index contributed by atoms with van der Waals surface area (Å²) >= 11 is 1.52. The summed E-state index contributed by atoms with van der Waals surface area (Å²) in [4.78, 5) is 24.0. The van der Waals surface area contributed by atoms with Crippen LogP contribution in [0.3, 0.4) is 0 Å². The van der Waals surface area contributed by atoms with Gasteiger partial charge >= 0.3 is 0 Å². The van der Waals surface area contributed by atoms with Gasteiger partial charge in [-0.05, 0) is 43.1 Å². The second kappa shape index (κ2) is 9.33. The Hall–Kier alpha value is -3.50. The van der Waals surface area contributed by atoms with E-state index in [9.17, 15) is 0 Å². The van der Waals surface area contributed by atoms with Gasteiger partial charge in [-0.1, -0.05) is 24.3 Å². The van der Waals surface area contributed by atoms with Gasteiger partial charge in [0.2, 0.25) is 11.9 Å². The van der Waals surface area contributed by atoms with Crippen LogP contribution >= 0.6 is 11.8 Å². The van der Waals surface area contributed by atoms with Gasteiger partial charge in [-0.15, -0.1) is 0 Å². The second-order valence-corrected chi connectivity index (χ2v) is 8.49. The van der Waals surface area contributed by atoms with E-state index in [1.165, 1.54) is 11.8 Å². The minimum atomic E-state index is 0.464. The van der Waals surface area contributed by atoms with Crippen LogP contribution < -0.4 is 10.2 Å². The predicted molar refractivity (Wildman–Crippen MR) is 125 cm³/mol. The Balaban J connectivity index is 1.42. The van der Waals surface area contributed by atoms with Crippen LogP contribution in [0.4, 0.5) is 17.7 Å². The summed E-state index contributed by atoms with van der Waals surface area (Å²) in [6.07, 6.45) is 1.75. The Morgan fingerprint density at radius 2 is 1.75 bits per heavy atom. The topological polar surface area (TPSA) is 98.8 Å². The molecule has 0 atom stereocenters. The van der Waals surface area contributed by atoms with Crippen molar-refractivity contribution in [3.05, 3.63) is 60.8 Å². The zero-order valence-corrected chi connectivity index (χ0v) is 18.5. The first-order valence-corrected chi connectivity index (χ1v) is 11.2. The van der Waals surface area contributed by atoms with Crippen molar-refractivity contribution in [1.29, 1.82) is 0 Å². The van der Waals surface area contributed by atoms with Gasteiger partial charge in [-0.25, -0.2) is 0 Å². The van der Waals surface area contributed by atoms with Crippen LogP contribution in [0.2, 0.25) is 0 Å². The van der Waals surface area contributed by atoms with Crippen LogP contribution in [0.15, 0.2) is 70.8 Å². The van der Waals surface area contributed by atoms with Crippen molar-refractivity contribution < 1.29 is 0 Å². The molecule has 10 heteroatoms. The van der Waals surface area contributed by atoms with E-state index in [-0.39, 0.29) is 0 Å². The molecule has 0 bridgehead atoms. The van der Waals surface area contributed by atoms with Gasteiger partial charge in [0, 0.05) is 43.3 Å². The molecular formula is C22H23N9S. The Kier molecular flexibility index (Phi) is 5.95. The lowest BCUT2D eigenvalue weighted by Gasteiger charge is -2.32. The summed E-state index contributed by atoms with van der Waals surface area (Å²) in [7, 11) is 2.13. The molecule has 5 rings (SSSR count). The number of anilines is 3. The van der Waals surface area contributed by atoms with Gasteiger partial charge in [0.15, 0.2) is 11.0 Å². The predicted octanol–water partition coefficient (Wildman–Crippen LogP) is 3.30. The van der Waals surface area contributed by atoms with Crippen molar-refractivity contribution in [2.45, 2.75) is 10.1 Å². The third-order valence-corrected chi connectivity index (χ3v) is 5.97. The van der Waals surface area contributed by atoms with E-state index in [0.29, 0.717) is 22.9 Å². The molecule has 0 aliphatic carbocycles. The molecule has 0 unspecified atom stereocenters. The SMILES string of the molecule is CN1CCN(c2nc(Nc3cc(-c4ccccn4)[nH]n3)nc(Sc3ccccc3)n2)CC1. The largest absolute Gasteiger partial charge is 0.338 e. The van der Waals surface area contributed by atoms with E-state index in [4.69, 9.17) is 9.97 Å². The van der Waals surface area contributed by atoms with Gasteiger partial charge in [-0.2, -0.15) is 20.1 Å². The number of piperazine rings is 1. The molecule has 1 aliphatic heterocycles. The fourth-order valence-corrected chi connectivity index (χ4v) is 4.11. The molecule has 9 nitrogen and oxygen atoms in total. The standard InChI is InChI=1S/C22H23N9S/c1-30-11-13-31(14-12-30)21-25-20(26-22(27-21)32-16-7-3-2-4-8-16)24-19-15-18(28-29-19)17-9-5-6-10-23-17/h2-10,15H,11-14H2,1H3,(H2,24,25,26,27,28,29). The van der Waals surface area contributed by atoms with E-state index in [1.54, 1.807) is 6.20 Å². The number of aromatic nitrogens is 6. The highest BCUT2D eigenvalue weighted by Crippen LogP contribution is 2.27. The quantitative estimate of drug-likeness (QED) is 0.463. The molecule has 1 aromatic carbocycles. The van der Waals surface area contributed by atoms with Crippen molar-refractivity contribution in [2.24, 2.45) is 0 Å². The van der Waals surface area contributed by atoms with Gasteiger partial charge in [0.05, 0.1) is 11.4 Å². The van der Waals surface area contributed by atoms with Crippen molar-refractivity contribution in [3.8, 4) is 11.4 Å². The molecule has 1 fully saturated rings. The van der Waals surface area contributed by atoms with E-state index < -0.39 is 0 Å². The first kappa shape index (κ1) is 20.4. The number of rotatable bonds is 6. The fraction of sp³-hybridized carbons (Fsp3) is 0.227. The van der Waals surface area contributed by atoms with Gasteiger partial charge in [-0.3, -0.25) is 10.1 Å². The van der Waals surface area contributed by atoms with Crippen LogP contribution in [0, 0.1) is 0 Å². The van der Waals surface area contributed by atoms with Crippen LogP contribution in [0.25, 0.3) is 11.4 Å². The number of nitrogens with zero attached hydrogens (tertiary/aromatic N) is 7. The highest BCUT2D eigenvalue weighted by molar-refractivity contribution is 7.99. The maximum absolute atomic E-state index is 4.74. The zero-order chi connectivity index (χ0) is 21.8. The van der Waals surface area contributed by atoms with Crippen molar-refractivity contribution >= 4 is 29.5 Å². The molecular weight excluding hydrogens is 422 g/mol. The number of nitrogens with one attached hydrogen (secondary N) is 2. The Morgan fingerprint density at radius 3 is 2.53 bits per heavy atom. The summed E-state index contributed by atoms with van der Waals surface area (Å²) in [5.74, 6) is 1.76. The van der Waals surface area contributed by atoms with Crippen molar-refractivity contribution in [3.63, 3.8) is 0 Å². The summed E-state index contributed by atoms with van der Waals surface area (Å²) in [5.41, 5.74) is 1.64. The Morgan fingerprint density at radius 1 is 0.938 bits per heavy atom. The smallest absolute Gasteiger partial charge is 0.234 e. The molecule has 32 heavy (non-hydrogen) atoms. The first-order valence-electron chi connectivity index (χ1n) is 10.4. The number of hydrogen-bond acceptors (Lipinski definition) is 9. The maximum Gasteiger partial charge on any atom is 0.234 e. The first-order chi connectivity index (χ1) is 15.7. The van der Waals surface area contributed by atoms with Crippen molar-refractivity contribution in [2.75, 3.05) is 43.4 Å². The van der Waals surface area contributed by atoms with Gasteiger partial charge in [0.1, 0.15) is 0 Å². The normalized spacial score (nSPS) is 14.5. The second-order valence-electron chi connectivity index (χ2n) is 7.45. The van der Waals surface area contributed by atoms with Crippen LogP contribution in [-0.2, 0) is 0 Å². The lowest BCUT2D eigenvalue weighted by molar-refractivity contribution is 0.311. The van der Waals surface area contributed by atoms with E-state index in [2.05, 4.69) is 42.3 Å². The van der Waals surface area contributed by atoms with Gasteiger partial charge in [0.25, 0.3) is 0 Å². The summed E-state index contributed by atoms with van der Waals surface area (Å²) in [5, 5.41) is 11.2. The monoisotopic (exact) mass is 445 g/mol. The number of likely N-dealkylation sites (N-methyl/N-ethyl adjacent to an activating group) is 1. The molecule has 1 aliphatic rings.